The van der Waals surface area contributed by atoms with Crippen molar-refractivity contribution >= 4 is 34.3 Å². The molecule has 0 amide bonds. The van der Waals surface area contributed by atoms with Crippen LogP contribution in [0.3, 0.4) is 0 Å². The molecule has 1 rings (SSSR count). The summed E-state index contributed by atoms with van der Waals surface area (Å²) in [6, 6.07) is 8.71. The summed E-state index contributed by atoms with van der Waals surface area (Å²) in [6.07, 6.45) is 3.66. The second-order valence-electron chi connectivity index (χ2n) is 3.33. The Kier molecular flexibility index (Phi) is 13.3. The van der Waals surface area contributed by atoms with E-state index >= 15 is 0 Å². The maximum absolute atomic E-state index is 11.2. The van der Waals surface area contributed by atoms with E-state index in [1.54, 1.807) is 47.8 Å². The van der Waals surface area contributed by atoms with Gasteiger partial charge in [-0.25, -0.2) is 0 Å². The zero-order chi connectivity index (χ0) is 14.3. The van der Waals surface area contributed by atoms with Gasteiger partial charge in [0.2, 0.25) is 0 Å². The summed E-state index contributed by atoms with van der Waals surface area (Å²) in [4.78, 5) is 0. The predicted octanol–water partition coefficient (Wildman–Crippen LogP) is 3.88. The molecule has 0 saturated heterocycles. The number of phenolic OH excluding ortho intramolecular Hbond substituents is 1. The number of benzene rings is 1. The van der Waals surface area contributed by atoms with Crippen molar-refractivity contribution in [3.05, 3.63) is 55.6 Å². The molecule has 0 heterocycles. The number of phenols is 1. The topological polar surface area (TPSA) is 37.3 Å². The van der Waals surface area contributed by atoms with Crippen LogP contribution in [0.2, 0.25) is 0 Å². The van der Waals surface area contributed by atoms with Gasteiger partial charge >= 0.3 is 0 Å². The van der Waals surface area contributed by atoms with Crippen LogP contribution in [0.25, 0.3) is 0 Å². The second kappa shape index (κ2) is 13.8. The van der Waals surface area contributed by atoms with E-state index in [1.165, 1.54) is 0 Å². The van der Waals surface area contributed by atoms with Crippen LogP contribution in [0.4, 0.5) is 0 Å². The molecule has 5 heteroatoms. The molecular weight excluding hydrogens is 296 g/mol. The average molecular weight is 317 g/mol. The Bertz CT molecular complexity index is 350. The van der Waals surface area contributed by atoms with Gasteiger partial charge in [0.05, 0.1) is 10.2 Å². The van der Waals surface area contributed by atoms with Crippen LogP contribution in [0, 0.1) is 0 Å². The summed E-state index contributed by atoms with van der Waals surface area (Å²) in [6.45, 7) is 7.19. The van der Waals surface area contributed by atoms with Gasteiger partial charge in [-0.2, -0.15) is 0 Å². The first kappa shape index (κ1) is 18.4. The van der Waals surface area contributed by atoms with Gasteiger partial charge in [0.25, 0.3) is 0 Å². The van der Waals surface area contributed by atoms with E-state index in [0.29, 0.717) is 5.75 Å². The highest BCUT2D eigenvalue weighted by atomic mass is 32.3. The number of thioether (sulfide) groups is 2. The molecule has 1 aromatic carbocycles. The lowest BCUT2D eigenvalue weighted by Crippen LogP contribution is -1.96. The van der Waals surface area contributed by atoms with Crippen LogP contribution in [0.5, 0.6) is 5.75 Å². The van der Waals surface area contributed by atoms with Gasteiger partial charge < -0.3 is 5.11 Å². The van der Waals surface area contributed by atoms with E-state index in [2.05, 4.69) is 13.2 Å². The number of hydrogen-bond acceptors (Lipinski definition) is 4. The maximum atomic E-state index is 11.2. The number of para-hydroxylation sites is 1. The molecule has 0 aromatic heterocycles. The summed E-state index contributed by atoms with van der Waals surface area (Å²) in [5.41, 5.74) is 0. The number of hydrogen-bond donors (Lipinski definition) is 1. The molecule has 0 aliphatic carbocycles. The lowest BCUT2D eigenvalue weighted by molar-refractivity contribution is 0.475. The van der Waals surface area contributed by atoms with E-state index in [0.717, 1.165) is 21.7 Å². The molecule has 2 nitrogen and oxygen atoms in total. The second-order valence-corrected chi connectivity index (χ2v) is 7.58. The average Bonchev–Trinajstić information content (AvgIpc) is 2.41. The maximum Gasteiger partial charge on any atom is 0.115 e. The summed E-state index contributed by atoms with van der Waals surface area (Å²) in [7, 11) is -0.693. The van der Waals surface area contributed by atoms with E-state index < -0.39 is 10.8 Å². The third kappa shape index (κ3) is 13.6. The molecule has 0 saturated carbocycles. The fourth-order valence-electron chi connectivity index (χ4n) is 0.911. The molecule has 1 aromatic rings. The third-order valence-corrected chi connectivity index (χ3v) is 6.04. The largest absolute Gasteiger partial charge is 0.508 e. The number of rotatable bonds is 8. The van der Waals surface area contributed by atoms with Crippen LogP contribution >= 0.6 is 23.5 Å². The van der Waals surface area contributed by atoms with E-state index in [9.17, 15) is 4.21 Å². The highest BCUT2D eigenvalue weighted by Crippen LogP contribution is 2.08. The van der Waals surface area contributed by atoms with Crippen LogP contribution in [0.1, 0.15) is 0 Å². The highest BCUT2D eigenvalue weighted by Gasteiger charge is 1.97. The van der Waals surface area contributed by atoms with Crippen molar-refractivity contribution in [2.45, 2.75) is 0 Å². The van der Waals surface area contributed by atoms with Crippen LogP contribution in [-0.4, -0.2) is 31.0 Å². The number of aromatic hydroxyl groups is 1. The molecule has 0 spiro atoms. The van der Waals surface area contributed by atoms with Crippen molar-refractivity contribution in [3.8, 4) is 5.75 Å². The van der Waals surface area contributed by atoms with Gasteiger partial charge in [0.1, 0.15) is 5.75 Å². The van der Waals surface area contributed by atoms with Crippen molar-refractivity contribution in [3.63, 3.8) is 0 Å². The smallest absolute Gasteiger partial charge is 0.115 e. The molecule has 0 radical (unpaired) electrons. The zero-order valence-electron chi connectivity index (χ0n) is 10.9. The van der Waals surface area contributed by atoms with Gasteiger partial charge in [-0.1, -0.05) is 30.4 Å². The van der Waals surface area contributed by atoms with Crippen molar-refractivity contribution in [2.24, 2.45) is 0 Å². The minimum atomic E-state index is -0.693. The Morgan fingerprint density at radius 1 is 1.05 bits per heavy atom. The normalized spacial score (nSPS) is 9.53. The fourth-order valence-corrected chi connectivity index (χ4v) is 4.39. The molecule has 0 bridgehead atoms. The van der Waals surface area contributed by atoms with Crippen LogP contribution in [-0.2, 0) is 10.8 Å². The minimum Gasteiger partial charge on any atom is -0.508 e. The van der Waals surface area contributed by atoms with Gasteiger partial charge in [-0.3, -0.25) is 4.21 Å². The summed E-state index contributed by atoms with van der Waals surface area (Å²) in [5, 5.41) is 10.1. The quantitative estimate of drug-likeness (QED) is 0.583. The monoisotopic (exact) mass is 316 g/mol. The molecular formula is C14H20O2S3. The van der Waals surface area contributed by atoms with Crippen LogP contribution in [0.15, 0.2) is 55.6 Å². The zero-order valence-corrected chi connectivity index (χ0v) is 13.3. The first-order valence-electron chi connectivity index (χ1n) is 5.67. The summed E-state index contributed by atoms with van der Waals surface area (Å²) in [5.74, 6) is 2.10. The van der Waals surface area contributed by atoms with Crippen molar-refractivity contribution < 1.29 is 9.32 Å². The minimum absolute atomic E-state index is 0.322. The fraction of sp³-hybridized carbons (Fsp3) is 0.286. The highest BCUT2D eigenvalue weighted by molar-refractivity contribution is 8.16. The standard InChI is InChI=1S/C8H14OS3.C6H6O/c1-3-5-10-7-12(9)8-11-6-4-2;7-6-4-2-1-3-5-6/h3-4H,1-2,5-8H2;1-5,7H. The molecule has 0 aliphatic heterocycles. The Balaban J connectivity index is 0.000000388. The van der Waals surface area contributed by atoms with E-state index in [4.69, 9.17) is 5.11 Å². The molecule has 19 heavy (non-hydrogen) atoms. The lowest BCUT2D eigenvalue weighted by Gasteiger charge is -1.98. The molecule has 1 N–H and O–H groups in total. The first-order chi connectivity index (χ1) is 9.20. The van der Waals surface area contributed by atoms with Crippen molar-refractivity contribution in [1.29, 1.82) is 0 Å². The third-order valence-electron chi connectivity index (χ3n) is 1.66. The van der Waals surface area contributed by atoms with Gasteiger partial charge in [-0.15, -0.1) is 36.7 Å². The molecule has 0 atom stereocenters. The summed E-state index contributed by atoms with van der Waals surface area (Å²) < 4.78 is 11.2. The SMILES string of the molecule is C=CCSCS(=O)CSCC=C.Oc1ccccc1. The molecule has 0 aliphatic rings. The van der Waals surface area contributed by atoms with Gasteiger partial charge in [0, 0.05) is 22.3 Å². The molecule has 0 unspecified atom stereocenters. The Morgan fingerprint density at radius 3 is 1.84 bits per heavy atom. The van der Waals surface area contributed by atoms with E-state index in [1.807, 2.05) is 18.2 Å². The van der Waals surface area contributed by atoms with Crippen molar-refractivity contribution in [1.82, 2.24) is 0 Å². The first-order valence-corrected chi connectivity index (χ1v) is 9.46. The van der Waals surface area contributed by atoms with Gasteiger partial charge in [0.15, 0.2) is 0 Å². The van der Waals surface area contributed by atoms with Crippen molar-refractivity contribution in [2.75, 3.05) is 21.7 Å². The van der Waals surface area contributed by atoms with Crippen LogP contribution < -0.4 is 0 Å². The summed E-state index contributed by atoms with van der Waals surface area (Å²) >= 11 is 3.32. The van der Waals surface area contributed by atoms with Gasteiger partial charge in [-0.05, 0) is 12.1 Å². The Hall–Kier alpha value is -0.650. The Morgan fingerprint density at radius 2 is 1.53 bits per heavy atom. The molecule has 106 valence electrons. The van der Waals surface area contributed by atoms with E-state index in [-0.39, 0.29) is 0 Å². The molecule has 0 fully saturated rings. The predicted molar refractivity (Wildman–Crippen MR) is 91.3 cm³/mol. The lowest BCUT2D eigenvalue weighted by atomic mass is 10.3. The Labute approximate surface area is 126 Å².